The van der Waals surface area contributed by atoms with Crippen molar-refractivity contribution >= 4 is 5.69 Å². The number of piperidine rings is 1. The van der Waals surface area contributed by atoms with Crippen LogP contribution >= 0.6 is 0 Å². The molecule has 0 spiro atoms. The number of rotatable bonds is 5. The van der Waals surface area contributed by atoms with Gasteiger partial charge in [0.1, 0.15) is 0 Å². The van der Waals surface area contributed by atoms with Crippen molar-refractivity contribution in [2.75, 3.05) is 18.4 Å². The minimum atomic E-state index is 0.529. The molecule has 1 fully saturated rings. The molecule has 3 rings (SSSR count). The van der Waals surface area contributed by atoms with Crippen molar-refractivity contribution in [3.05, 3.63) is 48.0 Å². The maximum Gasteiger partial charge on any atom is 0.0922 e. The molecule has 4 nitrogen and oxygen atoms in total. The lowest BCUT2D eigenvalue weighted by molar-refractivity contribution is 0.206. The van der Waals surface area contributed by atoms with E-state index in [9.17, 15) is 0 Å². The van der Waals surface area contributed by atoms with Crippen LogP contribution in [0, 0.1) is 0 Å². The first kappa shape index (κ1) is 15.1. The molecule has 1 saturated heterocycles. The van der Waals surface area contributed by atoms with Gasteiger partial charge >= 0.3 is 0 Å². The summed E-state index contributed by atoms with van der Waals surface area (Å²) >= 11 is 0. The van der Waals surface area contributed by atoms with Crippen molar-refractivity contribution < 1.29 is 0 Å². The van der Waals surface area contributed by atoms with E-state index in [1.807, 2.05) is 6.20 Å². The number of likely N-dealkylation sites (tertiary alicyclic amines) is 1. The van der Waals surface area contributed by atoms with Crippen LogP contribution in [0.3, 0.4) is 0 Å². The van der Waals surface area contributed by atoms with Crippen LogP contribution in [0.4, 0.5) is 5.69 Å². The second-order valence-electron chi connectivity index (χ2n) is 6.57. The van der Waals surface area contributed by atoms with Crippen molar-refractivity contribution in [3.8, 4) is 0 Å². The Kier molecular flexibility index (Phi) is 4.78. The fraction of sp³-hybridized carbons (Fsp3) is 0.500. The molecule has 0 amide bonds. The second kappa shape index (κ2) is 6.97. The molecule has 1 aliphatic rings. The molecular weight excluding hydrogens is 272 g/mol. The van der Waals surface area contributed by atoms with Gasteiger partial charge in [-0.2, -0.15) is 0 Å². The largest absolute Gasteiger partial charge is 0.381 e. The van der Waals surface area contributed by atoms with Crippen molar-refractivity contribution in [1.29, 1.82) is 0 Å². The minimum absolute atomic E-state index is 0.529. The van der Waals surface area contributed by atoms with Gasteiger partial charge < -0.3 is 10.3 Å². The summed E-state index contributed by atoms with van der Waals surface area (Å²) in [4.78, 5) is 9.79. The van der Waals surface area contributed by atoms with Gasteiger partial charge in [0.25, 0.3) is 0 Å². The Bertz CT molecular complexity index is 559. The summed E-state index contributed by atoms with van der Waals surface area (Å²) in [6.07, 6.45) is 6.16. The zero-order valence-corrected chi connectivity index (χ0v) is 13.5. The molecule has 1 aromatic carbocycles. The van der Waals surface area contributed by atoms with Gasteiger partial charge in [0.15, 0.2) is 0 Å². The molecule has 1 aromatic heterocycles. The molecule has 2 heterocycles. The number of nitrogens with one attached hydrogen (secondary N) is 2. The highest BCUT2D eigenvalue weighted by atomic mass is 15.2. The summed E-state index contributed by atoms with van der Waals surface area (Å²) in [7, 11) is 0. The van der Waals surface area contributed by atoms with Gasteiger partial charge in [-0.15, -0.1) is 0 Å². The number of hydrogen-bond acceptors (Lipinski definition) is 3. The lowest BCUT2D eigenvalue weighted by Crippen LogP contribution is -2.41. The van der Waals surface area contributed by atoms with Crippen LogP contribution in [0.2, 0.25) is 0 Å². The Labute approximate surface area is 133 Å². The maximum atomic E-state index is 4.10. The van der Waals surface area contributed by atoms with E-state index < -0.39 is 0 Å². The van der Waals surface area contributed by atoms with E-state index in [1.54, 1.807) is 6.33 Å². The average molecular weight is 298 g/mol. The molecule has 0 saturated carbocycles. The van der Waals surface area contributed by atoms with Gasteiger partial charge in [0.2, 0.25) is 0 Å². The normalized spacial score (nSPS) is 19.5. The van der Waals surface area contributed by atoms with Crippen LogP contribution in [0.1, 0.15) is 43.9 Å². The number of aromatic amines is 1. The summed E-state index contributed by atoms with van der Waals surface area (Å²) in [5, 5.41) is 3.69. The van der Waals surface area contributed by atoms with Crippen LogP contribution in [0.5, 0.6) is 0 Å². The van der Waals surface area contributed by atoms with Crippen LogP contribution < -0.4 is 5.32 Å². The molecule has 0 aliphatic carbocycles. The quantitative estimate of drug-likeness (QED) is 0.886. The van der Waals surface area contributed by atoms with Gasteiger partial charge in [0.05, 0.1) is 6.33 Å². The first-order valence-corrected chi connectivity index (χ1v) is 8.27. The highest BCUT2D eigenvalue weighted by molar-refractivity contribution is 5.46. The monoisotopic (exact) mass is 298 g/mol. The first-order valence-electron chi connectivity index (χ1n) is 8.27. The van der Waals surface area contributed by atoms with Gasteiger partial charge in [-0.05, 0) is 43.0 Å². The van der Waals surface area contributed by atoms with E-state index >= 15 is 0 Å². The number of aromatic nitrogens is 2. The molecule has 1 atom stereocenters. The van der Waals surface area contributed by atoms with E-state index in [0.29, 0.717) is 12.0 Å². The number of hydrogen-bond donors (Lipinski definition) is 2. The van der Waals surface area contributed by atoms with E-state index in [0.717, 1.165) is 13.1 Å². The van der Waals surface area contributed by atoms with E-state index in [2.05, 4.69) is 58.3 Å². The Balaban J connectivity index is 1.55. The van der Waals surface area contributed by atoms with E-state index in [-0.39, 0.29) is 0 Å². The van der Waals surface area contributed by atoms with Crippen LogP contribution in [0.25, 0.3) is 0 Å². The van der Waals surface area contributed by atoms with Gasteiger partial charge in [0, 0.05) is 36.7 Å². The number of imidazole rings is 1. The highest BCUT2D eigenvalue weighted by Crippen LogP contribution is 2.20. The molecule has 1 aliphatic heterocycles. The van der Waals surface area contributed by atoms with Crippen LogP contribution in [0.15, 0.2) is 36.8 Å². The van der Waals surface area contributed by atoms with Gasteiger partial charge in [-0.25, -0.2) is 4.98 Å². The standard InChI is InChI=1S/C18H26N4/c1-14(2)15-5-7-16(8-6-15)21-17-4-3-9-22(11-17)12-18-10-19-13-20-18/h5-8,10,13-14,17,21H,3-4,9,11-12H2,1-2H3,(H,19,20). The molecule has 2 N–H and O–H groups in total. The minimum Gasteiger partial charge on any atom is -0.381 e. The zero-order valence-electron chi connectivity index (χ0n) is 13.5. The van der Waals surface area contributed by atoms with Crippen molar-refractivity contribution in [2.45, 2.75) is 45.2 Å². The summed E-state index contributed by atoms with van der Waals surface area (Å²) in [6.45, 7) is 7.69. The smallest absolute Gasteiger partial charge is 0.0922 e. The second-order valence-corrected chi connectivity index (χ2v) is 6.57. The van der Waals surface area contributed by atoms with Crippen LogP contribution in [-0.4, -0.2) is 34.0 Å². The Morgan fingerprint density at radius 3 is 2.82 bits per heavy atom. The highest BCUT2D eigenvalue weighted by Gasteiger charge is 2.20. The molecule has 22 heavy (non-hydrogen) atoms. The lowest BCUT2D eigenvalue weighted by Gasteiger charge is -2.33. The molecule has 2 aromatic rings. The third kappa shape index (κ3) is 3.89. The van der Waals surface area contributed by atoms with Crippen molar-refractivity contribution in [2.24, 2.45) is 0 Å². The topological polar surface area (TPSA) is 44.0 Å². The molecular formula is C18H26N4. The first-order chi connectivity index (χ1) is 10.7. The number of anilines is 1. The average Bonchev–Trinajstić information content (AvgIpc) is 3.01. The molecule has 1 unspecified atom stereocenters. The van der Waals surface area contributed by atoms with E-state index in [4.69, 9.17) is 0 Å². The van der Waals surface area contributed by atoms with Crippen molar-refractivity contribution in [1.82, 2.24) is 14.9 Å². The van der Waals surface area contributed by atoms with E-state index in [1.165, 1.54) is 36.3 Å². The molecule has 0 radical (unpaired) electrons. The van der Waals surface area contributed by atoms with Crippen LogP contribution in [-0.2, 0) is 6.54 Å². The van der Waals surface area contributed by atoms with Gasteiger partial charge in [-0.1, -0.05) is 26.0 Å². The Morgan fingerprint density at radius 2 is 2.14 bits per heavy atom. The third-order valence-corrected chi connectivity index (χ3v) is 4.40. The summed E-state index contributed by atoms with van der Waals surface area (Å²) in [5.74, 6) is 0.591. The van der Waals surface area contributed by atoms with Crippen molar-refractivity contribution in [3.63, 3.8) is 0 Å². The predicted molar refractivity (Wildman–Crippen MR) is 91.0 cm³/mol. The fourth-order valence-electron chi connectivity index (χ4n) is 3.13. The predicted octanol–water partition coefficient (Wildman–Crippen LogP) is 3.61. The number of H-pyrrole nitrogens is 1. The number of nitrogens with zero attached hydrogens (tertiary/aromatic N) is 2. The zero-order chi connectivity index (χ0) is 15.4. The molecule has 118 valence electrons. The maximum absolute atomic E-state index is 4.10. The summed E-state index contributed by atoms with van der Waals surface area (Å²) in [5.41, 5.74) is 3.83. The third-order valence-electron chi connectivity index (χ3n) is 4.40. The summed E-state index contributed by atoms with van der Waals surface area (Å²) < 4.78 is 0. The fourth-order valence-corrected chi connectivity index (χ4v) is 3.13. The molecule has 0 bridgehead atoms. The lowest BCUT2D eigenvalue weighted by atomic mass is 10.0. The van der Waals surface area contributed by atoms with Gasteiger partial charge in [-0.3, -0.25) is 4.90 Å². The molecule has 4 heteroatoms. The summed E-state index contributed by atoms with van der Waals surface area (Å²) in [6, 6.07) is 9.42. The number of benzene rings is 1. The SMILES string of the molecule is CC(C)c1ccc(NC2CCCN(Cc3cnc[nH]3)C2)cc1. The Morgan fingerprint density at radius 1 is 1.32 bits per heavy atom. The Hall–Kier alpha value is -1.81.